The Balaban J connectivity index is 1.63. The molecule has 0 saturated heterocycles. The lowest BCUT2D eigenvalue weighted by atomic mass is 10.1. The number of fused-ring (bicyclic) bond motifs is 1. The van der Waals surface area contributed by atoms with E-state index < -0.39 is 10.0 Å². The average Bonchev–Trinajstić information content (AvgIpc) is 3.36. The van der Waals surface area contributed by atoms with E-state index in [4.69, 9.17) is 4.98 Å². The molecule has 0 aliphatic heterocycles. The smallest absolute Gasteiger partial charge is 0.260 e. The Kier molecular flexibility index (Phi) is 9.08. The molecule has 0 aliphatic rings. The van der Waals surface area contributed by atoms with Crippen molar-refractivity contribution in [1.82, 2.24) is 9.29 Å². The fraction of sp³-hybridized carbons (Fsp3) is 0.310. The first-order valence-electron chi connectivity index (χ1n) is 12.8. The van der Waals surface area contributed by atoms with Crippen LogP contribution in [0, 0.1) is 0 Å². The van der Waals surface area contributed by atoms with Crippen LogP contribution in [0.25, 0.3) is 10.2 Å². The van der Waals surface area contributed by atoms with Gasteiger partial charge in [-0.3, -0.25) is 9.69 Å². The zero-order chi connectivity index (χ0) is 26.3. The molecule has 3 aromatic carbocycles. The first-order chi connectivity index (χ1) is 17.9. The van der Waals surface area contributed by atoms with Gasteiger partial charge >= 0.3 is 0 Å². The Morgan fingerprint density at radius 2 is 1.46 bits per heavy atom. The Bertz CT molecular complexity index is 1380. The van der Waals surface area contributed by atoms with E-state index in [1.54, 1.807) is 33.5 Å². The number of nitrogens with zero attached hydrogens (tertiary/aromatic N) is 3. The van der Waals surface area contributed by atoms with Crippen molar-refractivity contribution in [3.05, 3.63) is 90.0 Å². The van der Waals surface area contributed by atoms with Gasteiger partial charge < -0.3 is 0 Å². The SMILES string of the molecule is CCCCN(CCCC)S(=O)(=O)c1ccc(C(=O)N(Cc2ccccc2)c2nc3ccccc3s2)cc1. The van der Waals surface area contributed by atoms with Gasteiger partial charge in [-0.05, 0) is 54.8 Å². The maximum Gasteiger partial charge on any atom is 0.260 e. The number of carbonyl (C=O) groups is 1. The first kappa shape index (κ1) is 27.0. The molecule has 0 unspecified atom stereocenters. The molecule has 1 aromatic heterocycles. The molecule has 4 aromatic rings. The van der Waals surface area contributed by atoms with Crippen LogP contribution in [0.5, 0.6) is 0 Å². The molecule has 0 radical (unpaired) electrons. The molecule has 8 heteroatoms. The number of anilines is 1. The quantitative estimate of drug-likeness (QED) is 0.202. The van der Waals surface area contributed by atoms with Gasteiger partial charge in [-0.25, -0.2) is 13.4 Å². The summed E-state index contributed by atoms with van der Waals surface area (Å²) in [5.41, 5.74) is 2.24. The monoisotopic (exact) mass is 535 g/mol. The molecule has 0 N–H and O–H groups in total. The average molecular weight is 536 g/mol. The number of thiazole rings is 1. The highest BCUT2D eigenvalue weighted by Crippen LogP contribution is 2.31. The van der Waals surface area contributed by atoms with Gasteiger partial charge in [0.15, 0.2) is 5.13 Å². The summed E-state index contributed by atoms with van der Waals surface area (Å²) in [5.74, 6) is -0.222. The number of rotatable bonds is 12. The van der Waals surface area contributed by atoms with Gasteiger partial charge in [-0.2, -0.15) is 4.31 Å². The molecule has 1 heterocycles. The van der Waals surface area contributed by atoms with E-state index in [1.165, 1.54) is 11.3 Å². The molecule has 0 aliphatic carbocycles. The number of amides is 1. The lowest BCUT2D eigenvalue weighted by molar-refractivity contribution is 0.0985. The molecule has 37 heavy (non-hydrogen) atoms. The third-order valence-electron chi connectivity index (χ3n) is 6.20. The summed E-state index contributed by atoms with van der Waals surface area (Å²) in [4.78, 5) is 20.3. The Morgan fingerprint density at radius 1 is 0.838 bits per heavy atom. The molecule has 0 spiro atoms. The van der Waals surface area contributed by atoms with Gasteiger partial charge in [0.25, 0.3) is 5.91 Å². The summed E-state index contributed by atoms with van der Waals surface area (Å²) < 4.78 is 29.3. The summed E-state index contributed by atoms with van der Waals surface area (Å²) in [5, 5.41) is 0.608. The fourth-order valence-electron chi connectivity index (χ4n) is 4.06. The van der Waals surface area contributed by atoms with Gasteiger partial charge in [-0.1, -0.05) is 80.5 Å². The van der Waals surface area contributed by atoms with Gasteiger partial charge in [0.2, 0.25) is 10.0 Å². The van der Waals surface area contributed by atoms with Gasteiger partial charge in [-0.15, -0.1) is 0 Å². The minimum Gasteiger partial charge on any atom is -0.279 e. The first-order valence-corrected chi connectivity index (χ1v) is 15.0. The molecule has 6 nitrogen and oxygen atoms in total. The van der Waals surface area contributed by atoms with Crippen molar-refractivity contribution in [3.8, 4) is 0 Å². The van der Waals surface area contributed by atoms with E-state index in [0.29, 0.717) is 30.3 Å². The fourth-order valence-corrected chi connectivity index (χ4v) is 6.54. The predicted octanol–water partition coefficient (Wildman–Crippen LogP) is 6.73. The summed E-state index contributed by atoms with van der Waals surface area (Å²) in [6, 6.07) is 23.9. The highest BCUT2D eigenvalue weighted by atomic mass is 32.2. The van der Waals surface area contributed by atoms with Crippen molar-refractivity contribution in [3.63, 3.8) is 0 Å². The third-order valence-corrected chi connectivity index (χ3v) is 9.18. The molecule has 0 saturated carbocycles. The molecule has 194 valence electrons. The van der Waals surface area contributed by atoms with Crippen molar-refractivity contribution in [1.29, 1.82) is 0 Å². The van der Waals surface area contributed by atoms with E-state index in [9.17, 15) is 13.2 Å². The maximum absolute atomic E-state index is 13.7. The van der Waals surface area contributed by atoms with Crippen molar-refractivity contribution in [2.24, 2.45) is 0 Å². The second-order valence-electron chi connectivity index (χ2n) is 8.98. The number of sulfonamides is 1. The van der Waals surface area contributed by atoms with E-state index in [1.807, 2.05) is 54.6 Å². The Morgan fingerprint density at radius 3 is 2.08 bits per heavy atom. The van der Waals surface area contributed by atoms with Crippen molar-refractivity contribution in [2.45, 2.75) is 51.0 Å². The van der Waals surface area contributed by atoms with Crippen molar-refractivity contribution < 1.29 is 13.2 Å². The minimum absolute atomic E-state index is 0.214. The molecule has 0 fully saturated rings. The number of hydrogen-bond acceptors (Lipinski definition) is 5. The Hall–Kier alpha value is -3.07. The summed E-state index contributed by atoms with van der Waals surface area (Å²) in [7, 11) is -3.63. The van der Waals surface area contributed by atoms with Gasteiger partial charge in [0.05, 0.1) is 21.7 Å². The topological polar surface area (TPSA) is 70.6 Å². The number of hydrogen-bond donors (Lipinski definition) is 0. The molecule has 0 bridgehead atoms. The predicted molar refractivity (Wildman–Crippen MR) is 152 cm³/mol. The highest BCUT2D eigenvalue weighted by Gasteiger charge is 2.26. The van der Waals surface area contributed by atoms with Crippen LogP contribution >= 0.6 is 11.3 Å². The maximum atomic E-state index is 13.7. The second kappa shape index (κ2) is 12.4. The lowest BCUT2D eigenvalue weighted by Crippen LogP contribution is -2.33. The second-order valence-corrected chi connectivity index (χ2v) is 11.9. The highest BCUT2D eigenvalue weighted by molar-refractivity contribution is 7.89. The third kappa shape index (κ3) is 6.44. The summed E-state index contributed by atoms with van der Waals surface area (Å²) >= 11 is 1.47. The van der Waals surface area contributed by atoms with E-state index in [2.05, 4.69) is 13.8 Å². The van der Waals surface area contributed by atoms with Crippen LogP contribution in [-0.4, -0.2) is 36.7 Å². The van der Waals surface area contributed by atoms with Gasteiger partial charge in [0.1, 0.15) is 0 Å². The van der Waals surface area contributed by atoms with Crippen molar-refractivity contribution in [2.75, 3.05) is 18.0 Å². The minimum atomic E-state index is -3.63. The van der Waals surface area contributed by atoms with Crippen molar-refractivity contribution >= 4 is 42.6 Å². The largest absolute Gasteiger partial charge is 0.279 e. The molecule has 0 atom stereocenters. The Labute approximate surface area is 223 Å². The van der Waals surface area contributed by atoms with E-state index in [-0.39, 0.29) is 10.8 Å². The van der Waals surface area contributed by atoms with E-state index in [0.717, 1.165) is 41.5 Å². The lowest BCUT2D eigenvalue weighted by Gasteiger charge is -2.23. The number of unbranched alkanes of at least 4 members (excludes halogenated alkanes) is 2. The molecular weight excluding hydrogens is 502 g/mol. The van der Waals surface area contributed by atoms with Crippen LogP contribution in [0.15, 0.2) is 83.8 Å². The van der Waals surface area contributed by atoms with Gasteiger partial charge in [0, 0.05) is 18.7 Å². The number of aromatic nitrogens is 1. The molecular formula is C29H33N3O3S2. The van der Waals surface area contributed by atoms with Crippen LogP contribution < -0.4 is 4.90 Å². The number of benzene rings is 3. The number of para-hydroxylation sites is 1. The van der Waals surface area contributed by atoms with E-state index >= 15 is 0 Å². The molecule has 1 amide bonds. The zero-order valence-corrected chi connectivity index (χ0v) is 23.0. The zero-order valence-electron chi connectivity index (χ0n) is 21.3. The van der Waals surface area contributed by atoms with Crippen LogP contribution in [-0.2, 0) is 16.6 Å². The van der Waals surface area contributed by atoms with Crippen LogP contribution in [0.2, 0.25) is 0 Å². The molecule has 4 rings (SSSR count). The normalized spacial score (nSPS) is 11.8. The number of carbonyl (C=O) groups excluding carboxylic acids is 1. The van der Waals surface area contributed by atoms with Crippen LogP contribution in [0.4, 0.5) is 5.13 Å². The standard InChI is InChI=1S/C29H33N3O3S2/c1-3-5-20-31(21-6-4-2)37(34,35)25-18-16-24(17-19-25)28(33)32(22-23-12-8-7-9-13-23)29-30-26-14-10-11-15-27(26)36-29/h7-19H,3-6,20-22H2,1-2H3. The summed E-state index contributed by atoms with van der Waals surface area (Å²) in [6.45, 7) is 5.47. The van der Waals surface area contributed by atoms with Crippen LogP contribution in [0.3, 0.4) is 0 Å². The summed E-state index contributed by atoms with van der Waals surface area (Å²) in [6.07, 6.45) is 3.48. The van der Waals surface area contributed by atoms with Crippen LogP contribution in [0.1, 0.15) is 55.5 Å².